The molecule has 1 aliphatic heterocycles. The van der Waals surface area contributed by atoms with Gasteiger partial charge in [-0.25, -0.2) is 4.98 Å². The summed E-state index contributed by atoms with van der Waals surface area (Å²) < 4.78 is 20.7. The Morgan fingerprint density at radius 2 is 1.97 bits per heavy atom. The molecule has 5 nitrogen and oxygen atoms in total. The first-order valence-electron chi connectivity index (χ1n) is 11.8. The lowest BCUT2D eigenvalue weighted by Gasteiger charge is -2.28. The number of aromatic nitrogens is 2. The molecule has 2 atom stereocenters. The van der Waals surface area contributed by atoms with Crippen molar-refractivity contribution in [3.8, 4) is 5.75 Å². The molecule has 0 saturated carbocycles. The van der Waals surface area contributed by atoms with Gasteiger partial charge >= 0.3 is 0 Å². The molecular formula is C27H34N2O3S. The number of hydrogen-bond acceptors (Lipinski definition) is 5. The topological polar surface area (TPSA) is 45.5 Å². The van der Waals surface area contributed by atoms with E-state index in [0.29, 0.717) is 13.2 Å². The Hall–Kier alpha value is -2.28. The van der Waals surface area contributed by atoms with E-state index in [1.807, 2.05) is 28.9 Å². The molecule has 2 aromatic carbocycles. The van der Waals surface area contributed by atoms with Crippen LogP contribution in [0.25, 0.3) is 0 Å². The van der Waals surface area contributed by atoms with E-state index < -0.39 is 5.79 Å². The molecule has 0 aliphatic carbocycles. The zero-order valence-electron chi connectivity index (χ0n) is 19.6. The van der Waals surface area contributed by atoms with Crippen LogP contribution in [0.2, 0.25) is 0 Å². The molecule has 1 saturated heterocycles. The third-order valence-corrected chi connectivity index (χ3v) is 6.98. The van der Waals surface area contributed by atoms with Gasteiger partial charge < -0.3 is 18.8 Å². The third kappa shape index (κ3) is 7.10. The van der Waals surface area contributed by atoms with Crippen LogP contribution in [0.1, 0.15) is 37.3 Å². The zero-order valence-corrected chi connectivity index (χ0v) is 20.4. The molecule has 2 heterocycles. The van der Waals surface area contributed by atoms with Crippen LogP contribution in [0.5, 0.6) is 5.75 Å². The van der Waals surface area contributed by atoms with E-state index in [1.165, 1.54) is 16.0 Å². The smallest absolute Gasteiger partial charge is 0.187 e. The molecule has 4 rings (SSSR count). The standard InChI is InChI=1S/C27H34N2O3S/c1-3-4-17-30-24-9-7-23(8-10-24)13-14-27(20-29-16-15-28-21-29)31-18-25(32-27)19-33-26-11-5-22(2)6-12-26/h5-12,15-16,21,25H,3-4,13-14,17-20H2,1-2H3. The largest absolute Gasteiger partial charge is 0.494 e. The highest BCUT2D eigenvalue weighted by Crippen LogP contribution is 2.33. The van der Waals surface area contributed by atoms with E-state index in [2.05, 4.69) is 67.4 Å². The van der Waals surface area contributed by atoms with Crippen molar-refractivity contribution in [1.82, 2.24) is 9.55 Å². The number of nitrogens with zero attached hydrogens (tertiary/aromatic N) is 2. The van der Waals surface area contributed by atoms with Crippen molar-refractivity contribution >= 4 is 11.8 Å². The second-order valence-electron chi connectivity index (χ2n) is 8.67. The lowest BCUT2D eigenvalue weighted by atomic mass is 10.0. The van der Waals surface area contributed by atoms with E-state index in [-0.39, 0.29) is 6.10 Å². The maximum absolute atomic E-state index is 6.56. The van der Waals surface area contributed by atoms with Crippen molar-refractivity contribution in [1.29, 1.82) is 0 Å². The van der Waals surface area contributed by atoms with Gasteiger partial charge in [0.2, 0.25) is 0 Å². The molecule has 3 aromatic rings. The highest BCUT2D eigenvalue weighted by atomic mass is 32.2. The van der Waals surface area contributed by atoms with Gasteiger partial charge in [-0.1, -0.05) is 43.2 Å². The van der Waals surface area contributed by atoms with Gasteiger partial charge in [0.05, 0.1) is 32.2 Å². The second kappa shape index (κ2) is 11.7. The van der Waals surface area contributed by atoms with Crippen molar-refractivity contribution in [2.24, 2.45) is 0 Å². The first-order valence-corrected chi connectivity index (χ1v) is 12.8. The number of thioether (sulfide) groups is 1. The molecule has 1 aliphatic rings. The van der Waals surface area contributed by atoms with E-state index in [1.54, 1.807) is 6.20 Å². The fourth-order valence-electron chi connectivity index (χ4n) is 3.90. The van der Waals surface area contributed by atoms with Gasteiger partial charge in [-0.15, -0.1) is 11.8 Å². The van der Waals surface area contributed by atoms with Gasteiger partial charge in [-0.05, 0) is 49.6 Å². The molecule has 0 bridgehead atoms. The second-order valence-corrected chi connectivity index (χ2v) is 9.76. The maximum atomic E-state index is 6.56. The monoisotopic (exact) mass is 466 g/mol. The Morgan fingerprint density at radius 1 is 1.15 bits per heavy atom. The lowest BCUT2D eigenvalue weighted by Crippen LogP contribution is -2.37. The quantitative estimate of drug-likeness (QED) is 0.245. The van der Waals surface area contributed by atoms with Crippen LogP contribution < -0.4 is 4.74 Å². The van der Waals surface area contributed by atoms with Crippen LogP contribution in [0.15, 0.2) is 72.1 Å². The van der Waals surface area contributed by atoms with Gasteiger partial charge in [0, 0.05) is 29.5 Å². The Bertz CT molecular complexity index is 960. The first-order chi connectivity index (χ1) is 16.1. The van der Waals surface area contributed by atoms with Crippen molar-refractivity contribution in [3.05, 3.63) is 78.4 Å². The van der Waals surface area contributed by atoms with Crippen molar-refractivity contribution in [2.45, 2.75) is 62.9 Å². The van der Waals surface area contributed by atoms with E-state index in [4.69, 9.17) is 14.2 Å². The van der Waals surface area contributed by atoms with E-state index >= 15 is 0 Å². The predicted molar refractivity (Wildman–Crippen MR) is 133 cm³/mol. The highest BCUT2D eigenvalue weighted by molar-refractivity contribution is 7.99. The molecule has 0 spiro atoms. The minimum atomic E-state index is -0.643. The fourth-order valence-corrected chi connectivity index (χ4v) is 4.77. The minimum Gasteiger partial charge on any atom is -0.494 e. The summed E-state index contributed by atoms with van der Waals surface area (Å²) >= 11 is 1.82. The molecule has 1 fully saturated rings. The number of aryl methyl sites for hydroxylation is 2. The number of benzene rings is 2. The van der Waals surface area contributed by atoms with Gasteiger partial charge in [0.1, 0.15) is 5.75 Å². The Labute approximate surface area is 201 Å². The average molecular weight is 467 g/mol. The molecule has 0 radical (unpaired) electrons. The van der Waals surface area contributed by atoms with Crippen molar-refractivity contribution in [2.75, 3.05) is 19.0 Å². The number of imidazole rings is 1. The van der Waals surface area contributed by atoms with E-state index in [0.717, 1.165) is 43.8 Å². The summed E-state index contributed by atoms with van der Waals surface area (Å²) in [5, 5.41) is 0. The van der Waals surface area contributed by atoms with Gasteiger partial charge in [-0.2, -0.15) is 0 Å². The summed E-state index contributed by atoms with van der Waals surface area (Å²) in [5.41, 5.74) is 2.53. The van der Waals surface area contributed by atoms with Crippen LogP contribution in [0.3, 0.4) is 0 Å². The van der Waals surface area contributed by atoms with Crippen LogP contribution in [0.4, 0.5) is 0 Å². The van der Waals surface area contributed by atoms with Gasteiger partial charge in [0.15, 0.2) is 5.79 Å². The Kier molecular flexibility index (Phi) is 8.48. The van der Waals surface area contributed by atoms with Crippen LogP contribution in [-0.4, -0.2) is 40.4 Å². The fraction of sp³-hybridized carbons (Fsp3) is 0.444. The number of rotatable bonds is 12. The minimum absolute atomic E-state index is 0.0640. The first kappa shape index (κ1) is 23.9. The summed E-state index contributed by atoms with van der Waals surface area (Å²) in [6.45, 7) is 6.30. The summed E-state index contributed by atoms with van der Waals surface area (Å²) in [6.07, 6.45) is 9.53. The number of unbranched alkanes of at least 4 members (excludes halogenated alkanes) is 1. The summed E-state index contributed by atoms with van der Waals surface area (Å²) in [5.74, 6) is 1.16. The molecule has 1 aromatic heterocycles. The normalized spacial score (nSPS) is 20.2. The average Bonchev–Trinajstić information content (AvgIpc) is 3.49. The van der Waals surface area contributed by atoms with E-state index in [9.17, 15) is 0 Å². The molecule has 6 heteroatoms. The lowest BCUT2D eigenvalue weighted by molar-refractivity contribution is -0.180. The van der Waals surface area contributed by atoms with Gasteiger partial charge in [-0.3, -0.25) is 0 Å². The van der Waals surface area contributed by atoms with Crippen LogP contribution >= 0.6 is 11.8 Å². The zero-order chi connectivity index (χ0) is 22.9. The van der Waals surface area contributed by atoms with Crippen LogP contribution in [0, 0.1) is 6.92 Å². The van der Waals surface area contributed by atoms with Crippen molar-refractivity contribution in [3.63, 3.8) is 0 Å². The Balaban J connectivity index is 1.35. The summed E-state index contributed by atoms with van der Waals surface area (Å²) in [7, 11) is 0. The van der Waals surface area contributed by atoms with Crippen LogP contribution in [-0.2, 0) is 22.4 Å². The summed E-state index contributed by atoms with van der Waals surface area (Å²) in [4.78, 5) is 5.45. The molecule has 2 unspecified atom stereocenters. The highest BCUT2D eigenvalue weighted by Gasteiger charge is 2.41. The summed E-state index contributed by atoms with van der Waals surface area (Å²) in [6, 6.07) is 17.1. The van der Waals surface area contributed by atoms with Crippen molar-refractivity contribution < 1.29 is 14.2 Å². The molecular weight excluding hydrogens is 432 g/mol. The number of hydrogen-bond donors (Lipinski definition) is 0. The van der Waals surface area contributed by atoms with Gasteiger partial charge in [0.25, 0.3) is 0 Å². The number of ether oxygens (including phenoxy) is 3. The Morgan fingerprint density at radius 3 is 2.70 bits per heavy atom. The third-order valence-electron chi connectivity index (χ3n) is 5.84. The maximum Gasteiger partial charge on any atom is 0.187 e. The molecule has 0 N–H and O–H groups in total. The SMILES string of the molecule is CCCCOc1ccc(CCC2(Cn3ccnc3)OCC(CSc3ccc(C)cc3)O2)cc1. The molecule has 33 heavy (non-hydrogen) atoms. The predicted octanol–water partition coefficient (Wildman–Crippen LogP) is 5.91. The molecule has 176 valence electrons. The molecule has 0 amide bonds.